The van der Waals surface area contributed by atoms with E-state index in [-0.39, 0.29) is 25.7 Å². The van der Waals surface area contributed by atoms with E-state index >= 15 is 0 Å². The minimum Gasteiger partial charge on any atom is -0.481 e. The highest BCUT2D eigenvalue weighted by Gasteiger charge is 2.51. The molecule has 16 heteroatoms. The Labute approximate surface area is 322 Å². The van der Waals surface area contributed by atoms with Gasteiger partial charge < -0.3 is 70.6 Å². The minimum absolute atomic E-state index is 0.259. The molecule has 2 fully saturated rings. The predicted octanol–water partition coefficient (Wildman–Crippen LogP) is 0.465. The van der Waals surface area contributed by atoms with Crippen LogP contribution in [0.25, 0.3) is 0 Å². The summed E-state index contributed by atoms with van der Waals surface area (Å²) in [6.45, 7) is 5.06. The minimum atomic E-state index is -2.26. The number of carbonyl (C=O) groups excluding carboxylic acids is 1. The van der Waals surface area contributed by atoms with E-state index in [9.17, 15) is 55.5 Å². The molecular formula is C39H63NO15. The molecule has 16 nitrogen and oxygen atoms in total. The van der Waals surface area contributed by atoms with Crippen molar-refractivity contribution in [1.29, 1.82) is 0 Å². The van der Waals surface area contributed by atoms with Crippen molar-refractivity contribution in [1.82, 2.24) is 0 Å². The van der Waals surface area contributed by atoms with E-state index in [2.05, 4.69) is 0 Å². The van der Waals surface area contributed by atoms with Crippen molar-refractivity contribution in [2.75, 3.05) is 0 Å². The second-order valence-corrected chi connectivity index (χ2v) is 15.2. The first-order chi connectivity index (χ1) is 25.9. The van der Waals surface area contributed by atoms with E-state index in [1.165, 1.54) is 13.0 Å². The van der Waals surface area contributed by atoms with Crippen LogP contribution < -0.4 is 5.73 Å². The maximum atomic E-state index is 12.9. The quantitative estimate of drug-likeness (QED) is 0.164. The van der Waals surface area contributed by atoms with Crippen molar-refractivity contribution >= 4 is 11.9 Å². The highest BCUT2D eigenvalue weighted by atomic mass is 16.7. The number of unbranched alkanes of at least 4 members (excludes halogenated alkanes) is 1. The third kappa shape index (κ3) is 14.7. The molecule has 2 bridgehead atoms. The van der Waals surface area contributed by atoms with Gasteiger partial charge in [0.1, 0.15) is 18.1 Å². The zero-order valence-electron chi connectivity index (χ0n) is 31.9. The summed E-state index contributed by atoms with van der Waals surface area (Å²) >= 11 is 0. The lowest BCUT2D eigenvalue weighted by atomic mass is 9.82. The molecule has 16 atom stereocenters. The van der Waals surface area contributed by atoms with Crippen LogP contribution in [0.5, 0.6) is 0 Å². The molecule has 0 aromatic rings. The van der Waals surface area contributed by atoms with Crippen molar-refractivity contribution in [3.8, 4) is 0 Å². The standard InChI is InChI=1S/C39H63NO15/c1-4-5-13-27-14-11-9-7-6-8-10-12-15-28(54-38-35(47)33(40)34(46)23(3)52-38)19-31-32(36(48)49)30(45)21-39(51,55-31)20-26(43)17-24(41)16-25(42)18-29(44)22(2)37(50)53-27/h6-12,15,22-35,38,41-47,51H,4-5,13-14,16-21,40H2,1-3H3,(H,48,49)/b7-6+,10-8-,11-9+,15-12+/t22?,23-,24?,25?,26?,27?,28?,29?,30?,31?,32?,33?,34-,35+,38+,39?/m1/s1. The summed E-state index contributed by atoms with van der Waals surface area (Å²) in [5.41, 5.74) is 6.00. The Morgan fingerprint density at radius 1 is 0.873 bits per heavy atom. The van der Waals surface area contributed by atoms with E-state index < -0.39 is 122 Å². The van der Waals surface area contributed by atoms with Crippen molar-refractivity contribution in [2.45, 2.75) is 170 Å². The molecule has 0 saturated carbocycles. The zero-order chi connectivity index (χ0) is 40.9. The topological polar surface area (TPSA) is 279 Å². The summed E-state index contributed by atoms with van der Waals surface area (Å²) in [5, 5.41) is 96.4. The van der Waals surface area contributed by atoms with Crippen LogP contribution in [0, 0.1) is 11.8 Å². The Bertz CT molecular complexity index is 1310. The van der Waals surface area contributed by atoms with Crippen LogP contribution in [0.1, 0.15) is 85.0 Å². The number of rotatable bonds is 6. The summed E-state index contributed by atoms with van der Waals surface area (Å²) in [6.07, 6.45) is -0.632. The zero-order valence-corrected chi connectivity index (χ0v) is 31.9. The molecule has 11 N–H and O–H groups in total. The van der Waals surface area contributed by atoms with E-state index in [0.717, 1.165) is 12.8 Å². The molecule has 3 aliphatic rings. The maximum absolute atomic E-state index is 12.9. The van der Waals surface area contributed by atoms with E-state index in [1.54, 1.807) is 43.4 Å². The Morgan fingerprint density at radius 2 is 1.51 bits per heavy atom. The molecule has 0 radical (unpaired) electrons. The number of fused-ring (bicyclic) bond motifs is 2. The molecule has 3 aliphatic heterocycles. The largest absolute Gasteiger partial charge is 0.481 e. The number of carboxylic acids is 1. The summed E-state index contributed by atoms with van der Waals surface area (Å²) < 4.78 is 23.4. The number of ether oxygens (including phenoxy) is 4. The van der Waals surface area contributed by atoms with Gasteiger partial charge in [0.2, 0.25) is 0 Å². The molecule has 0 aromatic heterocycles. The fourth-order valence-electron chi connectivity index (χ4n) is 7.11. The number of cyclic esters (lactones) is 1. The van der Waals surface area contributed by atoms with E-state index in [0.29, 0.717) is 12.8 Å². The smallest absolute Gasteiger partial charge is 0.311 e. The Balaban J connectivity index is 1.92. The van der Waals surface area contributed by atoms with Gasteiger partial charge in [0.05, 0.1) is 66.9 Å². The van der Waals surface area contributed by atoms with Gasteiger partial charge in [0.15, 0.2) is 12.1 Å². The number of carbonyl (C=O) groups is 2. The van der Waals surface area contributed by atoms with Gasteiger partial charge in [0.25, 0.3) is 0 Å². The summed E-state index contributed by atoms with van der Waals surface area (Å²) in [4.78, 5) is 25.3. The van der Waals surface area contributed by atoms with Gasteiger partial charge >= 0.3 is 11.9 Å². The first-order valence-electron chi connectivity index (χ1n) is 19.3. The van der Waals surface area contributed by atoms with Gasteiger partial charge in [-0.3, -0.25) is 9.59 Å². The molecule has 0 spiro atoms. The number of carboxylic acid groups (broad SMARTS) is 1. The van der Waals surface area contributed by atoms with Crippen LogP contribution in [0.4, 0.5) is 0 Å². The van der Waals surface area contributed by atoms with Crippen molar-refractivity contribution in [2.24, 2.45) is 17.6 Å². The normalized spacial score (nSPS) is 44.4. The van der Waals surface area contributed by atoms with Crippen LogP contribution in [-0.2, 0) is 28.5 Å². The summed E-state index contributed by atoms with van der Waals surface area (Å²) in [5.74, 6) is -6.80. The van der Waals surface area contributed by atoms with Crippen LogP contribution >= 0.6 is 0 Å². The first kappa shape index (κ1) is 46.8. The fraction of sp³-hybridized carbons (Fsp3) is 0.744. The lowest BCUT2D eigenvalue weighted by Gasteiger charge is -2.45. The predicted molar refractivity (Wildman–Crippen MR) is 198 cm³/mol. The SMILES string of the molecule is CCCCC1C/C=C/C=C/C=C\C=C\C(O[C@@H]2O[C@H](C)[C@@H](O)C(N)[C@@H]2O)CC2OC(O)(CC(O)CC(O)CC(O)CC(O)C(C)C(=O)O1)CC(O)C2C(=O)O. The Kier molecular flexibility index (Phi) is 19.0. The van der Waals surface area contributed by atoms with Crippen molar-refractivity contribution < 1.29 is 74.5 Å². The Hall–Kier alpha value is -2.58. The number of hydrogen-bond donors (Lipinski definition) is 10. The lowest BCUT2D eigenvalue weighted by Crippen LogP contribution is -2.61. The van der Waals surface area contributed by atoms with Crippen LogP contribution in [0.3, 0.4) is 0 Å². The van der Waals surface area contributed by atoms with Crippen molar-refractivity contribution in [3.63, 3.8) is 0 Å². The molecular weight excluding hydrogens is 722 g/mol. The van der Waals surface area contributed by atoms with Gasteiger partial charge in [-0.2, -0.15) is 0 Å². The van der Waals surface area contributed by atoms with Gasteiger partial charge in [0, 0.05) is 32.1 Å². The number of hydrogen-bond acceptors (Lipinski definition) is 15. The molecule has 0 amide bonds. The molecule has 2 saturated heterocycles. The number of aliphatic carboxylic acids is 1. The highest BCUT2D eigenvalue weighted by Crippen LogP contribution is 2.38. The third-order valence-corrected chi connectivity index (χ3v) is 10.4. The number of aliphatic hydroxyl groups is 8. The summed E-state index contributed by atoms with van der Waals surface area (Å²) in [6, 6.07) is -1.12. The average molecular weight is 786 g/mol. The van der Waals surface area contributed by atoms with E-state index in [4.69, 9.17) is 24.7 Å². The molecule has 0 aromatic carbocycles. The Morgan fingerprint density at radius 3 is 2.18 bits per heavy atom. The molecule has 3 rings (SSSR count). The number of nitrogens with two attached hydrogens (primary N) is 1. The maximum Gasteiger partial charge on any atom is 0.311 e. The van der Waals surface area contributed by atoms with Crippen molar-refractivity contribution in [3.05, 3.63) is 48.6 Å². The van der Waals surface area contributed by atoms with Crippen LogP contribution in [-0.4, -0.2) is 143 Å². The number of allylic oxidation sites excluding steroid dienone is 6. The molecule has 0 aliphatic carbocycles. The monoisotopic (exact) mass is 785 g/mol. The number of esters is 1. The fourth-order valence-corrected chi connectivity index (χ4v) is 7.11. The van der Waals surface area contributed by atoms with Gasteiger partial charge in [-0.25, -0.2) is 0 Å². The second-order valence-electron chi connectivity index (χ2n) is 15.2. The lowest BCUT2D eigenvalue weighted by molar-refractivity contribution is -0.308. The van der Waals surface area contributed by atoms with Gasteiger partial charge in [-0.15, -0.1) is 0 Å². The molecule has 3 heterocycles. The third-order valence-electron chi connectivity index (χ3n) is 10.4. The molecule has 314 valence electrons. The molecule has 12 unspecified atom stereocenters. The van der Waals surface area contributed by atoms with Gasteiger partial charge in [-0.1, -0.05) is 68.4 Å². The second kappa shape index (κ2) is 22.4. The van der Waals surface area contributed by atoms with Gasteiger partial charge in [-0.05, 0) is 33.1 Å². The van der Waals surface area contributed by atoms with Crippen LogP contribution in [0.2, 0.25) is 0 Å². The van der Waals surface area contributed by atoms with E-state index in [1.807, 2.05) is 13.0 Å². The number of aliphatic hydroxyl groups excluding tert-OH is 7. The average Bonchev–Trinajstić information content (AvgIpc) is 3.09. The first-order valence-corrected chi connectivity index (χ1v) is 19.3. The highest BCUT2D eigenvalue weighted by molar-refractivity contribution is 5.73. The molecule has 55 heavy (non-hydrogen) atoms. The van der Waals surface area contributed by atoms with Crippen LogP contribution in [0.15, 0.2) is 48.6 Å². The summed E-state index contributed by atoms with van der Waals surface area (Å²) in [7, 11) is 0.